The molecule has 0 amide bonds. The molecule has 0 aliphatic carbocycles. The molecule has 3 rings (SSSR count). The van der Waals surface area contributed by atoms with Crippen molar-refractivity contribution in [1.82, 2.24) is 0 Å². The summed E-state index contributed by atoms with van der Waals surface area (Å²) in [4.78, 5) is 1.70. The minimum absolute atomic E-state index is 0.106. The molecule has 1 fully saturated rings. The van der Waals surface area contributed by atoms with E-state index in [1.165, 1.54) is 12.1 Å². The number of ether oxygens (including phenoxy) is 1. The van der Waals surface area contributed by atoms with Gasteiger partial charge in [-0.1, -0.05) is 6.07 Å². The van der Waals surface area contributed by atoms with Crippen molar-refractivity contribution in [2.45, 2.75) is 12.3 Å². The maximum atomic E-state index is 13.4. The fourth-order valence-electron chi connectivity index (χ4n) is 2.86. The zero-order valence-corrected chi connectivity index (χ0v) is 13.4. The van der Waals surface area contributed by atoms with Crippen molar-refractivity contribution in [2.75, 3.05) is 24.6 Å². The van der Waals surface area contributed by atoms with Gasteiger partial charge in [-0.2, -0.15) is 18.4 Å². The van der Waals surface area contributed by atoms with Crippen molar-refractivity contribution in [3.05, 3.63) is 64.7 Å². The van der Waals surface area contributed by atoms with Gasteiger partial charge in [0.25, 0.3) is 0 Å². The Hall–Kier alpha value is -2.66. The topological polar surface area (TPSA) is 36.3 Å². The van der Waals surface area contributed by atoms with E-state index in [1.54, 1.807) is 11.0 Å². The lowest BCUT2D eigenvalue weighted by molar-refractivity contribution is -0.137. The summed E-state index contributed by atoms with van der Waals surface area (Å²) in [5.41, 5.74) is -0.246. The summed E-state index contributed by atoms with van der Waals surface area (Å²) >= 11 is 0. The van der Waals surface area contributed by atoms with Crippen LogP contribution < -0.4 is 4.90 Å². The quantitative estimate of drug-likeness (QED) is 0.736. The first-order valence-corrected chi connectivity index (χ1v) is 7.72. The summed E-state index contributed by atoms with van der Waals surface area (Å²) in [6, 6.07) is 8.16. The number of hydrogen-bond donors (Lipinski definition) is 0. The van der Waals surface area contributed by atoms with E-state index >= 15 is 0 Å². The van der Waals surface area contributed by atoms with Crippen LogP contribution in [-0.2, 0) is 10.9 Å². The summed E-state index contributed by atoms with van der Waals surface area (Å²) in [5.74, 6) is -1.98. The van der Waals surface area contributed by atoms with Crippen LogP contribution >= 0.6 is 0 Å². The Morgan fingerprint density at radius 1 is 1.08 bits per heavy atom. The molecular formula is C18H13F5N2O. The molecule has 3 nitrogen and oxygen atoms in total. The molecule has 1 aliphatic heterocycles. The van der Waals surface area contributed by atoms with E-state index in [1.807, 2.05) is 0 Å². The van der Waals surface area contributed by atoms with E-state index in [0.29, 0.717) is 17.8 Å². The van der Waals surface area contributed by atoms with Gasteiger partial charge >= 0.3 is 6.18 Å². The standard InChI is InChI=1S/C18H13F5N2O/c19-14-3-1-11(8-15(14)20)17-10-25(5-6-26-17)16-4-2-13(18(21,22)23)7-12(16)9-24/h1-4,7-8,17H,5-6,10H2. The van der Waals surface area contributed by atoms with E-state index in [9.17, 15) is 27.2 Å². The maximum Gasteiger partial charge on any atom is 0.416 e. The van der Waals surface area contributed by atoms with Gasteiger partial charge in [0.15, 0.2) is 11.6 Å². The van der Waals surface area contributed by atoms with Crippen molar-refractivity contribution >= 4 is 5.69 Å². The highest BCUT2D eigenvalue weighted by atomic mass is 19.4. The fraction of sp³-hybridized carbons (Fsp3) is 0.278. The van der Waals surface area contributed by atoms with Gasteiger partial charge in [0.2, 0.25) is 0 Å². The molecule has 0 aromatic heterocycles. The molecule has 136 valence electrons. The second-order valence-corrected chi connectivity index (χ2v) is 5.82. The number of nitrogens with zero attached hydrogens (tertiary/aromatic N) is 2. The smallest absolute Gasteiger partial charge is 0.370 e. The molecule has 1 atom stereocenters. The number of hydrogen-bond acceptors (Lipinski definition) is 3. The van der Waals surface area contributed by atoms with Gasteiger partial charge in [-0.25, -0.2) is 8.78 Å². The molecule has 26 heavy (non-hydrogen) atoms. The van der Waals surface area contributed by atoms with Gasteiger partial charge in [0.1, 0.15) is 12.2 Å². The molecule has 0 spiro atoms. The highest BCUT2D eigenvalue weighted by Gasteiger charge is 2.32. The van der Waals surface area contributed by atoms with Gasteiger partial charge < -0.3 is 9.64 Å². The maximum absolute atomic E-state index is 13.4. The second-order valence-electron chi connectivity index (χ2n) is 5.82. The van der Waals surface area contributed by atoms with Crippen LogP contribution in [0.15, 0.2) is 36.4 Å². The average Bonchev–Trinajstić information content (AvgIpc) is 2.62. The van der Waals surface area contributed by atoms with Crippen LogP contribution in [0.1, 0.15) is 22.8 Å². The lowest BCUT2D eigenvalue weighted by Crippen LogP contribution is -2.38. The van der Waals surface area contributed by atoms with Gasteiger partial charge in [0.05, 0.1) is 23.4 Å². The molecule has 8 heteroatoms. The predicted octanol–water partition coefficient (Wildman–Crippen LogP) is 4.43. The van der Waals surface area contributed by atoms with Gasteiger partial charge in [-0.05, 0) is 35.9 Å². The van der Waals surface area contributed by atoms with Crippen LogP contribution in [-0.4, -0.2) is 19.7 Å². The highest BCUT2D eigenvalue weighted by Crippen LogP contribution is 2.34. The molecule has 0 radical (unpaired) electrons. The van der Waals surface area contributed by atoms with Gasteiger partial charge in [-0.3, -0.25) is 0 Å². The predicted molar refractivity (Wildman–Crippen MR) is 83.4 cm³/mol. The van der Waals surface area contributed by atoms with Crippen LogP contribution in [0, 0.1) is 23.0 Å². The lowest BCUT2D eigenvalue weighted by Gasteiger charge is -2.35. The Bertz CT molecular complexity index is 860. The first kappa shape index (κ1) is 18.1. The molecule has 0 bridgehead atoms. The zero-order chi connectivity index (χ0) is 18.9. The van der Waals surface area contributed by atoms with E-state index < -0.39 is 29.5 Å². The Morgan fingerprint density at radius 2 is 1.85 bits per heavy atom. The van der Waals surface area contributed by atoms with Gasteiger partial charge in [-0.15, -0.1) is 0 Å². The Morgan fingerprint density at radius 3 is 2.50 bits per heavy atom. The van der Waals surface area contributed by atoms with Crippen molar-refractivity contribution < 1.29 is 26.7 Å². The lowest BCUT2D eigenvalue weighted by atomic mass is 10.0. The SMILES string of the molecule is N#Cc1cc(C(F)(F)F)ccc1N1CCOC(c2ccc(F)c(F)c2)C1. The molecule has 0 N–H and O–H groups in total. The minimum Gasteiger partial charge on any atom is -0.370 e. The van der Waals surface area contributed by atoms with E-state index in [0.717, 1.165) is 24.3 Å². The number of morpholine rings is 1. The number of alkyl halides is 3. The third kappa shape index (κ3) is 3.63. The first-order valence-electron chi connectivity index (χ1n) is 7.72. The van der Waals surface area contributed by atoms with E-state index in [-0.39, 0.29) is 18.7 Å². The van der Waals surface area contributed by atoms with Crippen molar-refractivity contribution in [1.29, 1.82) is 5.26 Å². The number of rotatable bonds is 2. The van der Waals surface area contributed by atoms with Crippen LogP contribution in [0.5, 0.6) is 0 Å². The van der Waals surface area contributed by atoms with Gasteiger partial charge in [0, 0.05) is 13.1 Å². The molecule has 1 unspecified atom stereocenters. The number of anilines is 1. The van der Waals surface area contributed by atoms with Crippen molar-refractivity contribution in [3.63, 3.8) is 0 Å². The van der Waals surface area contributed by atoms with Crippen molar-refractivity contribution in [3.8, 4) is 6.07 Å². The molecule has 1 aliphatic rings. The third-order valence-electron chi connectivity index (χ3n) is 4.17. The summed E-state index contributed by atoms with van der Waals surface area (Å²) in [6.07, 6.45) is -5.13. The molecule has 2 aromatic rings. The number of halogens is 5. The average molecular weight is 368 g/mol. The number of benzene rings is 2. The van der Waals surface area contributed by atoms with E-state index in [2.05, 4.69) is 0 Å². The van der Waals surface area contributed by atoms with Crippen LogP contribution in [0.3, 0.4) is 0 Å². The zero-order valence-electron chi connectivity index (χ0n) is 13.4. The highest BCUT2D eigenvalue weighted by molar-refractivity contribution is 5.61. The summed E-state index contributed by atoms with van der Waals surface area (Å²) in [5, 5.41) is 9.22. The Balaban J connectivity index is 1.88. The Labute approximate surface area is 146 Å². The number of nitriles is 1. The molecular weight excluding hydrogens is 355 g/mol. The van der Waals surface area contributed by atoms with Crippen LogP contribution in [0.4, 0.5) is 27.6 Å². The molecule has 0 saturated carbocycles. The summed E-state index contributed by atoms with van der Waals surface area (Å²) in [6.45, 7) is 0.793. The van der Waals surface area contributed by atoms with Crippen LogP contribution in [0.2, 0.25) is 0 Å². The minimum atomic E-state index is -4.54. The third-order valence-corrected chi connectivity index (χ3v) is 4.17. The molecule has 1 heterocycles. The normalized spacial score (nSPS) is 17.8. The monoisotopic (exact) mass is 368 g/mol. The summed E-state index contributed by atoms with van der Waals surface area (Å²) < 4.78 is 70.6. The fourth-order valence-corrected chi connectivity index (χ4v) is 2.86. The van der Waals surface area contributed by atoms with E-state index in [4.69, 9.17) is 4.74 Å². The van der Waals surface area contributed by atoms with Crippen LogP contribution in [0.25, 0.3) is 0 Å². The molecule has 2 aromatic carbocycles. The second kappa shape index (κ2) is 6.92. The summed E-state index contributed by atoms with van der Waals surface area (Å²) in [7, 11) is 0. The first-order chi connectivity index (χ1) is 12.3. The van der Waals surface area contributed by atoms with Crippen molar-refractivity contribution in [2.24, 2.45) is 0 Å². The Kier molecular flexibility index (Phi) is 4.83. The molecule has 1 saturated heterocycles. The largest absolute Gasteiger partial charge is 0.416 e.